The molecule has 0 bridgehead atoms. The van der Waals surface area contributed by atoms with Crippen LogP contribution in [0.5, 0.6) is 11.5 Å². The fourth-order valence-corrected chi connectivity index (χ4v) is 2.04. The first-order valence-electron chi connectivity index (χ1n) is 6.43. The van der Waals surface area contributed by atoms with Crippen molar-refractivity contribution in [3.05, 3.63) is 72.2 Å². The molecule has 0 saturated heterocycles. The topological polar surface area (TPSA) is 42.1 Å². The summed E-state index contributed by atoms with van der Waals surface area (Å²) in [6, 6.07) is 15.4. The van der Waals surface area contributed by atoms with E-state index in [9.17, 15) is 9.18 Å². The van der Waals surface area contributed by atoms with E-state index in [-0.39, 0.29) is 0 Å². The van der Waals surface area contributed by atoms with Crippen molar-refractivity contribution in [1.82, 2.24) is 4.98 Å². The van der Waals surface area contributed by atoms with Crippen molar-refractivity contribution in [1.29, 1.82) is 0 Å². The van der Waals surface area contributed by atoms with Crippen molar-refractivity contribution >= 4 is 6.29 Å². The lowest BCUT2D eigenvalue weighted by atomic mass is 10.1. The minimum absolute atomic E-state index is 0.392. The van der Waals surface area contributed by atoms with Crippen LogP contribution in [0.2, 0.25) is 0 Å². The van der Waals surface area contributed by atoms with Gasteiger partial charge >= 0.3 is 0 Å². The molecule has 104 valence electrons. The largest absolute Gasteiger partial charge is 0.457 e. The standard InChI is InChI=1S/C17H12FNO2/c18-16-9-14(21-13-4-2-1-3-5-13)6-7-15(16)17-8-12(11-20)10-19-17/h1-11,19H. The van der Waals surface area contributed by atoms with Crippen LogP contribution in [-0.2, 0) is 0 Å². The highest BCUT2D eigenvalue weighted by molar-refractivity contribution is 5.78. The molecule has 0 unspecified atom stereocenters. The fraction of sp³-hybridized carbons (Fsp3) is 0. The third kappa shape index (κ3) is 2.84. The second kappa shape index (κ2) is 5.63. The molecule has 2 aromatic carbocycles. The van der Waals surface area contributed by atoms with Gasteiger partial charge in [0, 0.05) is 29.1 Å². The van der Waals surface area contributed by atoms with Crippen LogP contribution >= 0.6 is 0 Å². The number of para-hydroxylation sites is 1. The normalized spacial score (nSPS) is 10.3. The molecule has 3 rings (SSSR count). The van der Waals surface area contributed by atoms with Gasteiger partial charge in [0.15, 0.2) is 6.29 Å². The van der Waals surface area contributed by atoms with Crippen molar-refractivity contribution < 1.29 is 13.9 Å². The van der Waals surface area contributed by atoms with Crippen LogP contribution in [-0.4, -0.2) is 11.3 Å². The van der Waals surface area contributed by atoms with Crippen LogP contribution in [0.15, 0.2) is 60.8 Å². The SMILES string of the molecule is O=Cc1c[nH]c(-c2ccc(Oc3ccccc3)cc2F)c1. The molecule has 3 nitrogen and oxygen atoms in total. The van der Waals surface area contributed by atoms with E-state index in [0.29, 0.717) is 34.6 Å². The van der Waals surface area contributed by atoms with E-state index >= 15 is 0 Å². The Labute approximate surface area is 121 Å². The first-order valence-corrected chi connectivity index (χ1v) is 6.43. The van der Waals surface area contributed by atoms with E-state index in [1.807, 2.05) is 18.2 Å². The van der Waals surface area contributed by atoms with Gasteiger partial charge < -0.3 is 9.72 Å². The molecule has 0 radical (unpaired) electrons. The van der Waals surface area contributed by atoms with Crippen LogP contribution in [0.4, 0.5) is 4.39 Å². The number of hydrogen-bond acceptors (Lipinski definition) is 2. The zero-order chi connectivity index (χ0) is 14.7. The fourth-order valence-electron chi connectivity index (χ4n) is 2.04. The van der Waals surface area contributed by atoms with Crippen molar-refractivity contribution in [3.8, 4) is 22.8 Å². The number of aromatic nitrogens is 1. The first kappa shape index (κ1) is 13.1. The van der Waals surface area contributed by atoms with E-state index < -0.39 is 5.82 Å². The highest BCUT2D eigenvalue weighted by Crippen LogP contribution is 2.28. The molecule has 0 saturated carbocycles. The van der Waals surface area contributed by atoms with Crippen LogP contribution in [0.3, 0.4) is 0 Å². The Bertz CT molecular complexity index is 765. The molecule has 0 amide bonds. The predicted molar refractivity (Wildman–Crippen MR) is 78.1 cm³/mol. The Morgan fingerprint density at radius 3 is 2.48 bits per heavy atom. The van der Waals surface area contributed by atoms with Gasteiger partial charge in [-0.2, -0.15) is 0 Å². The van der Waals surface area contributed by atoms with Crippen molar-refractivity contribution in [2.24, 2.45) is 0 Å². The molecule has 1 heterocycles. The van der Waals surface area contributed by atoms with Gasteiger partial charge in [-0.05, 0) is 30.3 Å². The van der Waals surface area contributed by atoms with Crippen molar-refractivity contribution in [2.45, 2.75) is 0 Å². The number of carbonyl (C=O) groups is 1. The van der Waals surface area contributed by atoms with Gasteiger partial charge in [-0.1, -0.05) is 18.2 Å². The summed E-state index contributed by atoms with van der Waals surface area (Å²) >= 11 is 0. The highest BCUT2D eigenvalue weighted by atomic mass is 19.1. The third-order valence-corrected chi connectivity index (χ3v) is 3.05. The number of benzene rings is 2. The Morgan fingerprint density at radius 2 is 1.81 bits per heavy atom. The minimum Gasteiger partial charge on any atom is -0.457 e. The second-order valence-electron chi connectivity index (χ2n) is 4.52. The number of H-pyrrole nitrogens is 1. The quantitative estimate of drug-likeness (QED) is 0.719. The number of aromatic amines is 1. The van der Waals surface area contributed by atoms with E-state index in [1.54, 1.807) is 30.3 Å². The maximum absolute atomic E-state index is 14.2. The molecule has 1 aromatic heterocycles. The minimum atomic E-state index is -0.414. The van der Waals surface area contributed by atoms with E-state index in [0.717, 1.165) is 0 Å². The molecule has 0 spiro atoms. The van der Waals surface area contributed by atoms with Gasteiger partial charge in [-0.3, -0.25) is 4.79 Å². The van der Waals surface area contributed by atoms with Crippen LogP contribution in [0.25, 0.3) is 11.3 Å². The lowest BCUT2D eigenvalue weighted by molar-refractivity contribution is 0.112. The van der Waals surface area contributed by atoms with Crippen LogP contribution in [0.1, 0.15) is 10.4 Å². The first-order chi connectivity index (χ1) is 10.3. The number of rotatable bonds is 4. The predicted octanol–water partition coefficient (Wildman–Crippen LogP) is 4.43. The molecule has 3 aromatic rings. The molecular formula is C17H12FNO2. The average Bonchev–Trinajstić information content (AvgIpc) is 2.97. The molecular weight excluding hydrogens is 269 g/mol. The van der Waals surface area contributed by atoms with E-state index in [4.69, 9.17) is 4.74 Å². The maximum Gasteiger partial charge on any atom is 0.151 e. The molecule has 4 heteroatoms. The maximum atomic E-state index is 14.2. The Balaban J connectivity index is 1.87. The Hall–Kier alpha value is -2.88. The molecule has 21 heavy (non-hydrogen) atoms. The number of nitrogens with one attached hydrogen (secondary N) is 1. The summed E-state index contributed by atoms with van der Waals surface area (Å²) < 4.78 is 19.7. The van der Waals surface area contributed by atoms with Crippen molar-refractivity contribution in [3.63, 3.8) is 0 Å². The summed E-state index contributed by atoms with van der Waals surface area (Å²) in [6.45, 7) is 0. The average molecular weight is 281 g/mol. The number of aldehydes is 1. The van der Waals surface area contributed by atoms with Gasteiger partial charge in [-0.25, -0.2) is 4.39 Å². The molecule has 0 aliphatic rings. The number of halogens is 1. The van der Waals surface area contributed by atoms with Gasteiger partial charge in [0.25, 0.3) is 0 Å². The molecule has 0 aliphatic heterocycles. The summed E-state index contributed by atoms with van der Waals surface area (Å²) in [7, 11) is 0. The lowest BCUT2D eigenvalue weighted by Gasteiger charge is -2.07. The summed E-state index contributed by atoms with van der Waals surface area (Å²) in [4.78, 5) is 13.5. The van der Waals surface area contributed by atoms with Gasteiger partial charge in [0.1, 0.15) is 17.3 Å². The molecule has 0 aliphatic carbocycles. The van der Waals surface area contributed by atoms with Gasteiger partial charge in [0.05, 0.1) is 0 Å². The monoisotopic (exact) mass is 281 g/mol. The summed E-state index contributed by atoms with van der Waals surface area (Å²) in [5.41, 5.74) is 1.43. The van der Waals surface area contributed by atoms with Crippen LogP contribution in [0, 0.1) is 5.82 Å². The second-order valence-corrected chi connectivity index (χ2v) is 4.52. The zero-order valence-corrected chi connectivity index (χ0v) is 11.0. The lowest BCUT2D eigenvalue weighted by Crippen LogP contribution is -1.88. The Morgan fingerprint density at radius 1 is 1.00 bits per heavy atom. The Kier molecular flexibility index (Phi) is 3.51. The molecule has 1 N–H and O–H groups in total. The molecule has 0 fully saturated rings. The third-order valence-electron chi connectivity index (χ3n) is 3.05. The van der Waals surface area contributed by atoms with Gasteiger partial charge in [-0.15, -0.1) is 0 Å². The summed E-state index contributed by atoms with van der Waals surface area (Å²) in [6.07, 6.45) is 2.25. The highest BCUT2D eigenvalue weighted by Gasteiger charge is 2.09. The van der Waals surface area contributed by atoms with Crippen LogP contribution < -0.4 is 4.74 Å². The van der Waals surface area contributed by atoms with Gasteiger partial charge in [0.2, 0.25) is 0 Å². The molecule has 0 atom stereocenters. The summed E-state index contributed by atoms with van der Waals surface area (Å²) in [5.74, 6) is 0.653. The number of carbonyl (C=O) groups excluding carboxylic acids is 1. The zero-order valence-electron chi connectivity index (χ0n) is 11.0. The smallest absolute Gasteiger partial charge is 0.151 e. The van der Waals surface area contributed by atoms with E-state index in [2.05, 4.69) is 4.98 Å². The van der Waals surface area contributed by atoms with E-state index in [1.165, 1.54) is 12.3 Å². The van der Waals surface area contributed by atoms with Crippen molar-refractivity contribution in [2.75, 3.05) is 0 Å². The number of hydrogen-bond donors (Lipinski definition) is 1. The number of ether oxygens (including phenoxy) is 1. The summed E-state index contributed by atoms with van der Waals surface area (Å²) in [5, 5.41) is 0.